The molecule has 0 saturated carbocycles. The molecule has 0 fully saturated rings. The van der Waals surface area contributed by atoms with Crippen LogP contribution in [0.25, 0.3) is 0 Å². The number of carbonyl (C=O) groups is 1. The second-order valence-electron chi connectivity index (χ2n) is 4.54. The Balaban J connectivity index is 0.00000289. The van der Waals surface area contributed by atoms with Gasteiger partial charge < -0.3 is 11.1 Å². The van der Waals surface area contributed by atoms with Gasteiger partial charge >= 0.3 is 0 Å². The molecule has 3 nitrogen and oxygen atoms in total. The largest absolute Gasteiger partial charge is 0.348 e. The first-order chi connectivity index (χ1) is 8.02. The lowest BCUT2D eigenvalue weighted by atomic mass is 10.0. The van der Waals surface area contributed by atoms with Gasteiger partial charge in [-0.05, 0) is 36.6 Å². The van der Waals surface area contributed by atoms with Gasteiger partial charge in [-0.25, -0.2) is 4.39 Å². The van der Waals surface area contributed by atoms with Crippen LogP contribution < -0.4 is 11.1 Å². The summed E-state index contributed by atoms with van der Waals surface area (Å²) in [5, 5.41) is 2.85. The third-order valence-corrected chi connectivity index (χ3v) is 2.48. The molecule has 1 aromatic rings. The number of nitrogens with one attached hydrogen (secondary N) is 1. The summed E-state index contributed by atoms with van der Waals surface area (Å²) in [6.45, 7) is 4.56. The molecule has 0 aliphatic heterocycles. The molecule has 1 unspecified atom stereocenters. The molecule has 1 atom stereocenters. The van der Waals surface area contributed by atoms with E-state index in [0.717, 1.165) is 6.42 Å². The maximum atomic E-state index is 12.7. The summed E-state index contributed by atoms with van der Waals surface area (Å²) in [7, 11) is 0. The third kappa shape index (κ3) is 5.47. The van der Waals surface area contributed by atoms with E-state index in [0.29, 0.717) is 18.0 Å². The Morgan fingerprint density at radius 2 is 1.89 bits per heavy atom. The first kappa shape index (κ1) is 16.9. The molecule has 0 heterocycles. The lowest BCUT2D eigenvalue weighted by Gasteiger charge is -2.18. The Labute approximate surface area is 113 Å². The second-order valence-corrected chi connectivity index (χ2v) is 4.54. The van der Waals surface area contributed by atoms with Gasteiger partial charge in [0.25, 0.3) is 5.91 Å². The highest BCUT2D eigenvalue weighted by Gasteiger charge is 2.13. The van der Waals surface area contributed by atoms with Crippen LogP contribution in [0.2, 0.25) is 0 Å². The van der Waals surface area contributed by atoms with Crippen molar-refractivity contribution in [1.82, 2.24) is 5.32 Å². The number of rotatable bonds is 5. The van der Waals surface area contributed by atoms with Crippen molar-refractivity contribution >= 4 is 18.3 Å². The van der Waals surface area contributed by atoms with Gasteiger partial charge in [0.1, 0.15) is 5.82 Å². The van der Waals surface area contributed by atoms with Crippen molar-refractivity contribution in [2.24, 2.45) is 11.7 Å². The quantitative estimate of drug-likeness (QED) is 0.866. The Kier molecular flexibility index (Phi) is 7.55. The molecular formula is C13H20ClFN2O. The fourth-order valence-electron chi connectivity index (χ4n) is 1.65. The topological polar surface area (TPSA) is 55.1 Å². The second kappa shape index (κ2) is 8.06. The highest BCUT2D eigenvalue weighted by atomic mass is 35.5. The van der Waals surface area contributed by atoms with Gasteiger partial charge in [0.05, 0.1) is 0 Å². The van der Waals surface area contributed by atoms with Crippen LogP contribution in [0, 0.1) is 11.7 Å². The van der Waals surface area contributed by atoms with Gasteiger partial charge in [-0.2, -0.15) is 0 Å². The fraction of sp³-hybridized carbons (Fsp3) is 0.462. The van der Waals surface area contributed by atoms with Crippen molar-refractivity contribution in [2.75, 3.05) is 6.54 Å². The van der Waals surface area contributed by atoms with Crippen molar-refractivity contribution < 1.29 is 9.18 Å². The van der Waals surface area contributed by atoms with Gasteiger partial charge in [-0.15, -0.1) is 12.4 Å². The Hall–Kier alpha value is -1.13. The minimum Gasteiger partial charge on any atom is -0.348 e. The minimum absolute atomic E-state index is 0. The molecule has 1 amide bonds. The van der Waals surface area contributed by atoms with Crippen molar-refractivity contribution in [2.45, 2.75) is 26.3 Å². The molecule has 1 aromatic carbocycles. The van der Waals surface area contributed by atoms with Crippen LogP contribution >= 0.6 is 12.4 Å². The average Bonchev–Trinajstić information content (AvgIpc) is 2.28. The van der Waals surface area contributed by atoms with E-state index in [1.54, 1.807) is 0 Å². The summed E-state index contributed by atoms with van der Waals surface area (Å²) in [5.74, 6) is -0.0859. The summed E-state index contributed by atoms with van der Waals surface area (Å²) < 4.78 is 12.7. The van der Waals surface area contributed by atoms with Gasteiger partial charge in [0.15, 0.2) is 0 Å². The summed E-state index contributed by atoms with van der Waals surface area (Å²) >= 11 is 0. The van der Waals surface area contributed by atoms with E-state index < -0.39 is 0 Å². The van der Waals surface area contributed by atoms with Crippen LogP contribution in [0.1, 0.15) is 30.6 Å². The van der Waals surface area contributed by atoms with E-state index in [2.05, 4.69) is 19.2 Å². The predicted molar refractivity (Wildman–Crippen MR) is 73.4 cm³/mol. The minimum atomic E-state index is -0.348. The van der Waals surface area contributed by atoms with E-state index in [-0.39, 0.29) is 30.2 Å². The van der Waals surface area contributed by atoms with Gasteiger partial charge in [0.2, 0.25) is 0 Å². The SMILES string of the molecule is CC(C)CC(CN)NC(=O)c1ccc(F)cc1.Cl. The molecule has 5 heteroatoms. The molecule has 0 bridgehead atoms. The van der Waals surface area contributed by atoms with Crippen LogP contribution in [0.15, 0.2) is 24.3 Å². The lowest BCUT2D eigenvalue weighted by molar-refractivity contribution is 0.0933. The average molecular weight is 275 g/mol. The first-order valence-corrected chi connectivity index (χ1v) is 5.79. The first-order valence-electron chi connectivity index (χ1n) is 5.79. The third-order valence-electron chi connectivity index (χ3n) is 2.48. The number of hydrogen-bond donors (Lipinski definition) is 2. The van der Waals surface area contributed by atoms with Gasteiger partial charge in [0, 0.05) is 18.2 Å². The van der Waals surface area contributed by atoms with E-state index in [1.807, 2.05) is 0 Å². The lowest BCUT2D eigenvalue weighted by Crippen LogP contribution is -2.41. The van der Waals surface area contributed by atoms with Crippen molar-refractivity contribution in [3.8, 4) is 0 Å². The van der Waals surface area contributed by atoms with Gasteiger partial charge in [-0.1, -0.05) is 13.8 Å². The van der Waals surface area contributed by atoms with Crippen molar-refractivity contribution in [3.05, 3.63) is 35.6 Å². The zero-order chi connectivity index (χ0) is 12.8. The molecule has 0 spiro atoms. The molecule has 0 aromatic heterocycles. The number of nitrogens with two attached hydrogens (primary N) is 1. The van der Waals surface area contributed by atoms with Crippen LogP contribution in [-0.4, -0.2) is 18.5 Å². The fourth-order valence-corrected chi connectivity index (χ4v) is 1.65. The molecule has 1 rings (SSSR count). The molecule has 0 aliphatic rings. The molecular weight excluding hydrogens is 255 g/mol. The van der Waals surface area contributed by atoms with E-state index >= 15 is 0 Å². The number of amides is 1. The molecule has 102 valence electrons. The summed E-state index contributed by atoms with van der Waals surface area (Å²) in [6, 6.07) is 5.44. The normalized spacial score (nSPS) is 11.8. The zero-order valence-electron chi connectivity index (χ0n) is 10.7. The van der Waals surface area contributed by atoms with Crippen molar-refractivity contribution in [3.63, 3.8) is 0 Å². The Morgan fingerprint density at radius 3 is 2.33 bits per heavy atom. The molecule has 18 heavy (non-hydrogen) atoms. The van der Waals surface area contributed by atoms with Crippen LogP contribution in [-0.2, 0) is 0 Å². The summed E-state index contributed by atoms with van der Waals surface area (Å²) in [5.41, 5.74) is 6.05. The number of hydrogen-bond acceptors (Lipinski definition) is 2. The van der Waals surface area contributed by atoms with Crippen molar-refractivity contribution in [1.29, 1.82) is 0 Å². The Morgan fingerprint density at radius 1 is 1.33 bits per heavy atom. The standard InChI is InChI=1S/C13H19FN2O.ClH/c1-9(2)7-12(8-15)16-13(17)10-3-5-11(14)6-4-10;/h3-6,9,12H,7-8,15H2,1-2H3,(H,16,17);1H. The maximum Gasteiger partial charge on any atom is 0.251 e. The number of benzene rings is 1. The summed E-state index contributed by atoms with van der Waals surface area (Å²) in [6.07, 6.45) is 0.837. The predicted octanol–water partition coefficient (Wildman–Crippen LogP) is 2.35. The highest BCUT2D eigenvalue weighted by molar-refractivity contribution is 5.94. The summed E-state index contributed by atoms with van der Waals surface area (Å²) in [4.78, 5) is 11.8. The smallest absolute Gasteiger partial charge is 0.251 e. The van der Waals surface area contributed by atoms with E-state index in [4.69, 9.17) is 5.73 Å². The number of carbonyl (C=O) groups excluding carboxylic acids is 1. The molecule has 3 N–H and O–H groups in total. The molecule has 0 radical (unpaired) electrons. The van der Waals surface area contributed by atoms with E-state index in [1.165, 1.54) is 24.3 Å². The molecule has 0 saturated heterocycles. The zero-order valence-corrected chi connectivity index (χ0v) is 11.5. The van der Waals surface area contributed by atoms with Gasteiger partial charge in [-0.3, -0.25) is 4.79 Å². The molecule has 0 aliphatic carbocycles. The van der Waals surface area contributed by atoms with Crippen LogP contribution in [0.5, 0.6) is 0 Å². The van der Waals surface area contributed by atoms with Crippen LogP contribution in [0.4, 0.5) is 4.39 Å². The highest BCUT2D eigenvalue weighted by Crippen LogP contribution is 2.06. The maximum absolute atomic E-state index is 12.7. The monoisotopic (exact) mass is 274 g/mol. The van der Waals surface area contributed by atoms with E-state index in [9.17, 15) is 9.18 Å². The Bertz CT molecular complexity index is 368. The number of halogens is 2. The van der Waals surface area contributed by atoms with Crippen LogP contribution in [0.3, 0.4) is 0 Å².